The average molecular weight is 588 g/mol. The van der Waals surface area contributed by atoms with E-state index < -0.39 is 15.7 Å². The van der Waals surface area contributed by atoms with Crippen molar-refractivity contribution < 1.29 is 27.5 Å². The first-order valence-corrected chi connectivity index (χ1v) is 15.8. The van der Waals surface area contributed by atoms with Gasteiger partial charge in [-0.15, -0.1) is 0 Å². The minimum Gasteiger partial charge on any atom is -0.478 e. The quantitative estimate of drug-likeness (QED) is 0.181. The van der Waals surface area contributed by atoms with Gasteiger partial charge in [0, 0.05) is 24.6 Å². The molecule has 1 aromatic carbocycles. The van der Waals surface area contributed by atoms with Crippen LogP contribution in [-0.2, 0) is 24.2 Å². The molecule has 2 fully saturated rings. The highest BCUT2D eigenvalue weighted by Crippen LogP contribution is 2.33. The predicted octanol–water partition coefficient (Wildman–Crippen LogP) is 3.50. The zero-order chi connectivity index (χ0) is 28.1. The number of carbonyl (C=O) groups excluding carboxylic acids is 1. The molecular weight excluding hydrogens is 554 g/mol. The predicted molar refractivity (Wildman–Crippen MR) is 153 cm³/mol. The lowest BCUT2D eigenvalue weighted by Crippen LogP contribution is -2.25. The Morgan fingerprint density at radius 3 is 2.67 bits per heavy atom. The molecule has 1 amide bonds. The largest absolute Gasteiger partial charge is 0.478 e. The number of sulfone groups is 1. The lowest BCUT2D eigenvalue weighted by atomic mass is 10.1. The molecule has 1 aliphatic carbocycles. The van der Waals surface area contributed by atoms with Gasteiger partial charge in [0.2, 0.25) is 5.88 Å². The zero-order valence-corrected chi connectivity index (χ0v) is 24.2. The molecule has 1 atom stereocenters. The van der Waals surface area contributed by atoms with Gasteiger partial charge in [0.15, 0.2) is 26.8 Å². The van der Waals surface area contributed by atoms with Crippen molar-refractivity contribution in [3.8, 4) is 5.88 Å². The van der Waals surface area contributed by atoms with Crippen LogP contribution in [0.25, 0.3) is 10.3 Å². The molecule has 1 saturated carbocycles. The minimum absolute atomic E-state index is 0.00977. The summed E-state index contributed by atoms with van der Waals surface area (Å²) in [4.78, 5) is 31.0. The van der Waals surface area contributed by atoms with E-state index in [9.17, 15) is 13.2 Å². The average Bonchev–Trinajstić information content (AvgIpc) is 3.56. The van der Waals surface area contributed by atoms with Crippen LogP contribution in [-0.4, -0.2) is 86.2 Å². The number of benzene rings is 1. The molecule has 1 saturated heterocycles. The summed E-state index contributed by atoms with van der Waals surface area (Å²) in [5.74, 6) is -0.0314. The lowest BCUT2D eigenvalue weighted by molar-refractivity contribution is -0.110. The molecule has 3 heterocycles. The van der Waals surface area contributed by atoms with E-state index in [1.807, 2.05) is 0 Å². The van der Waals surface area contributed by atoms with Crippen LogP contribution in [0, 0.1) is 0 Å². The van der Waals surface area contributed by atoms with Crippen LogP contribution in [0.4, 0.5) is 5.13 Å². The topological polar surface area (TPSA) is 132 Å². The van der Waals surface area contributed by atoms with E-state index in [-0.39, 0.29) is 22.0 Å². The molecule has 11 nitrogen and oxygen atoms in total. The molecule has 3 aromatic rings. The summed E-state index contributed by atoms with van der Waals surface area (Å²) in [5.41, 5.74) is 1.07. The third-order valence-electron chi connectivity index (χ3n) is 6.74. The van der Waals surface area contributed by atoms with E-state index in [1.165, 1.54) is 23.5 Å². The number of amides is 1. The summed E-state index contributed by atoms with van der Waals surface area (Å²) >= 11 is 1.22. The van der Waals surface area contributed by atoms with Gasteiger partial charge in [0.25, 0.3) is 5.91 Å². The fourth-order valence-electron chi connectivity index (χ4n) is 4.08. The summed E-state index contributed by atoms with van der Waals surface area (Å²) in [6, 6.07) is 9.73. The Hall–Kier alpha value is -3.13. The van der Waals surface area contributed by atoms with Gasteiger partial charge in [-0.05, 0) is 51.1 Å². The minimum atomic E-state index is -3.35. The smallest absolute Gasteiger partial charge is 0.280 e. The van der Waals surface area contributed by atoms with Crippen LogP contribution in [0.1, 0.15) is 38.2 Å². The standard InChI is InChI=1S/C27H33N5O6S2/c1-3-32(2)14-4-15-37-23-12-11-22-26(29-23)39-27(28-22)30-25(33)24(31-38-19-13-16-36-17-19)18-5-7-20(8-6-18)40(34,35)21-9-10-21/h5-8,11-12,19,21H,3-4,9-10,13-17H2,1-2H3,(H,28,30,33)/t19-/m1/s1. The van der Waals surface area contributed by atoms with Gasteiger partial charge in [-0.3, -0.25) is 10.1 Å². The molecule has 1 aliphatic heterocycles. The summed E-state index contributed by atoms with van der Waals surface area (Å²) in [6.07, 6.45) is 2.65. The highest BCUT2D eigenvalue weighted by molar-refractivity contribution is 7.92. The van der Waals surface area contributed by atoms with Crippen LogP contribution >= 0.6 is 11.3 Å². The van der Waals surface area contributed by atoms with E-state index in [2.05, 4.69) is 39.3 Å². The van der Waals surface area contributed by atoms with Crippen molar-refractivity contribution in [2.45, 2.75) is 48.9 Å². The first-order valence-electron chi connectivity index (χ1n) is 13.4. The molecule has 2 aliphatic rings. The lowest BCUT2D eigenvalue weighted by Gasteiger charge is -2.13. The van der Waals surface area contributed by atoms with Gasteiger partial charge in [0.1, 0.15) is 10.3 Å². The number of ether oxygens (including phenoxy) is 2. The van der Waals surface area contributed by atoms with Gasteiger partial charge < -0.3 is 19.2 Å². The molecule has 0 bridgehead atoms. The summed E-state index contributed by atoms with van der Waals surface area (Å²) < 4.78 is 36.3. The number of rotatable bonds is 13. The number of pyridine rings is 1. The SMILES string of the molecule is CCN(C)CCCOc1ccc2nc(NC(=O)C(=NO[C@@H]3CCOC3)c3ccc(S(=O)(=O)C4CC4)cc3)sc2n1. The summed E-state index contributed by atoms with van der Waals surface area (Å²) in [7, 11) is -1.28. The maximum absolute atomic E-state index is 13.4. The number of hydrogen-bond acceptors (Lipinski definition) is 11. The van der Waals surface area contributed by atoms with Gasteiger partial charge in [-0.1, -0.05) is 35.5 Å². The third kappa shape index (κ3) is 6.95. The van der Waals surface area contributed by atoms with Crippen molar-refractivity contribution in [3.05, 3.63) is 42.0 Å². The highest BCUT2D eigenvalue weighted by atomic mass is 32.2. The fourth-order valence-corrected chi connectivity index (χ4v) is 6.56. The number of oxime groups is 1. The number of thiazole rings is 1. The molecule has 5 rings (SSSR count). The van der Waals surface area contributed by atoms with Crippen molar-refractivity contribution >= 4 is 48.3 Å². The second-order valence-corrected chi connectivity index (χ2v) is 13.1. The van der Waals surface area contributed by atoms with Gasteiger partial charge >= 0.3 is 0 Å². The van der Waals surface area contributed by atoms with Crippen LogP contribution in [0.3, 0.4) is 0 Å². The van der Waals surface area contributed by atoms with Crippen LogP contribution < -0.4 is 10.1 Å². The zero-order valence-electron chi connectivity index (χ0n) is 22.5. The molecule has 0 unspecified atom stereocenters. The normalized spacial score (nSPS) is 17.9. The Bertz CT molecular complexity index is 1460. The summed E-state index contributed by atoms with van der Waals surface area (Å²) in [6.45, 7) is 5.55. The maximum Gasteiger partial charge on any atom is 0.280 e. The second kappa shape index (κ2) is 12.6. The van der Waals surface area contributed by atoms with Crippen LogP contribution in [0.15, 0.2) is 46.4 Å². The van der Waals surface area contributed by atoms with Crippen LogP contribution in [0.2, 0.25) is 0 Å². The Labute approximate surface area is 237 Å². The fraction of sp³-hybridized carbons (Fsp3) is 0.481. The van der Waals surface area contributed by atoms with E-state index in [4.69, 9.17) is 14.3 Å². The second-order valence-electron chi connectivity index (χ2n) is 9.84. The molecule has 0 radical (unpaired) electrons. The van der Waals surface area contributed by atoms with Gasteiger partial charge in [-0.2, -0.15) is 0 Å². The van der Waals surface area contributed by atoms with Gasteiger partial charge in [0.05, 0.1) is 30.0 Å². The van der Waals surface area contributed by atoms with Crippen LogP contribution in [0.5, 0.6) is 5.88 Å². The number of nitrogens with zero attached hydrogens (tertiary/aromatic N) is 4. The van der Waals surface area contributed by atoms with Crippen molar-refractivity contribution in [3.63, 3.8) is 0 Å². The number of carbonyl (C=O) groups is 1. The number of aromatic nitrogens is 2. The van der Waals surface area contributed by atoms with E-state index in [1.54, 1.807) is 24.3 Å². The first-order chi connectivity index (χ1) is 19.3. The van der Waals surface area contributed by atoms with E-state index in [0.717, 1.165) is 19.5 Å². The highest BCUT2D eigenvalue weighted by Gasteiger charge is 2.36. The summed E-state index contributed by atoms with van der Waals surface area (Å²) in [5, 5.41) is 6.97. The Morgan fingerprint density at radius 1 is 1.18 bits per heavy atom. The Morgan fingerprint density at radius 2 is 1.98 bits per heavy atom. The molecular formula is C27H33N5O6S2. The molecule has 40 heavy (non-hydrogen) atoms. The third-order valence-corrected chi connectivity index (χ3v) is 9.90. The van der Waals surface area contributed by atoms with Gasteiger partial charge in [-0.25, -0.2) is 18.4 Å². The monoisotopic (exact) mass is 587 g/mol. The van der Waals surface area contributed by atoms with E-state index in [0.29, 0.717) is 66.0 Å². The number of fused-ring (bicyclic) bond motifs is 1. The number of anilines is 1. The molecule has 0 spiro atoms. The van der Waals surface area contributed by atoms with Crippen molar-refractivity contribution in [1.29, 1.82) is 0 Å². The molecule has 13 heteroatoms. The molecule has 1 N–H and O–H groups in total. The van der Waals surface area contributed by atoms with Crippen molar-refractivity contribution in [2.75, 3.05) is 45.3 Å². The Kier molecular flexibility index (Phi) is 8.94. The number of nitrogens with one attached hydrogen (secondary N) is 1. The van der Waals surface area contributed by atoms with Crippen molar-refractivity contribution in [1.82, 2.24) is 14.9 Å². The van der Waals surface area contributed by atoms with Crippen molar-refractivity contribution in [2.24, 2.45) is 5.16 Å². The first kappa shape index (κ1) is 28.4. The molecule has 2 aromatic heterocycles. The molecule has 214 valence electrons. The number of hydrogen-bond donors (Lipinski definition) is 1. The Balaban J connectivity index is 1.30. The van der Waals surface area contributed by atoms with E-state index >= 15 is 0 Å². The maximum atomic E-state index is 13.4.